The van der Waals surface area contributed by atoms with Crippen LogP contribution in [0, 0.1) is 5.92 Å². The van der Waals surface area contributed by atoms with Gasteiger partial charge in [-0.2, -0.15) is 5.10 Å². The molecule has 0 radical (unpaired) electrons. The third kappa shape index (κ3) is 5.15. The molecule has 0 amide bonds. The highest BCUT2D eigenvalue weighted by Crippen LogP contribution is 2.36. The average Bonchev–Trinajstić information content (AvgIpc) is 3.23. The van der Waals surface area contributed by atoms with Gasteiger partial charge in [-0.1, -0.05) is 49.9 Å². The summed E-state index contributed by atoms with van der Waals surface area (Å²) in [6.45, 7) is 4.99. The number of hydrogen-bond donors (Lipinski definition) is 0. The molecular formula is C20H28Cl2N2O. The highest BCUT2D eigenvalue weighted by Gasteiger charge is 2.26. The zero-order valence-corrected chi connectivity index (χ0v) is 16.7. The van der Waals surface area contributed by atoms with E-state index in [0.29, 0.717) is 18.6 Å². The Kier molecular flexibility index (Phi) is 7.64. The fourth-order valence-corrected chi connectivity index (χ4v) is 3.84. The van der Waals surface area contributed by atoms with Crippen molar-refractivity contribution in [3.63, 3.8) is 0 Å². The van der Waals surface area contributed by atoms with Gasteiger partial charge in [0, 0.05) is 11.1 Å². The Morgan fingerprint density at radius 3 is 2.72 bits per heavy atom. The molecule has 1 aliphatic rings. The number of aryl methyl sites for hydroxylation is 1. The molecule has 1 aromatic carbocycles. The normalized spacial score (nSPS) is 15.8. The molecule has 3 nitrogen and oxygen atoms in total. The lowest BCUT2D eigenvalue weighted by atomic mass is 10.0. The van der Waals surface area contributed by atoms with Gasteiger partial charge in [-0.05, 0) is 49.8 Å². The molecule has 1 atom stereocenters. The van der Waals surface area contributed by atoms with Crippen LogP contribution in [0.2, 0.25) is 5.02 Å². The second-order valence-electron chi connectivity index (χ2n) is 6.87. The zero-order valence-electron chi connectivity index (χ0n) is 15.1. The van der Waals surface area contributed by atoms with E-state index in [1.54, 1.807) is 0 Å². The number of halogens is 2. The average molecular weight is 383 g/mol. The van der Waals surface area contributed by atoms with Crippen molar-refractivity contribution in [1.82, 2.24) is 9.78 Å². The lowest BCUT2D eigenvalue weighted by Gasteiger charge is -2.21. The topological polar surface area (TPSA) is 27.1 Å². The molecule has 0 aliphatic heterocycles. The Hall–Kier alpha value is -1.19. The van der Waals surface area contributed by atoms with Gasteiger partial charge in [0.25, 0.3) is 0 Å². The molecule has 0 spiro atoms. The van der Waals surface area contributed by atoms with Crippen molar-refractivity contribution in [2.45, 2.75) is 65.0 Å². The molecule has 0 N–H and O–H groups in total. The first-order valence-electron chi connectivity index (χ1n) is 9.13. The minimum atomic E-state index is 0. The molecule has 138 valence electrons. The van der Waals surface area contributed by atoms with Gasteiger partial charge < -0.3 is 4.74 Å². The van der Waals surface area contributed by atoms with Crippen LogP contribution in [-0.2, 0) is 13.0 Å². The van der Waals surface area contributed by atoms with Crippen LogP contribution < -0.4 is 4.74 Å². The molecule has 25 heavy (non-hydrogen) atoms. The Balaban J connectivity index is 0.00000225. The van der Waals surface area contributed by atoms with Crippen molar-refractivity contribution < 1.29 is 4.74 Å². The maximum absolute atomic E-state index is 6.13. The summed E-state index contributed by atoms with van der Waals surface area (Å²) in [5.74, 6) is 1.60. The molecule has 1 heterocycles. The Morgan fingerprint density at radius 2 is 2.04 bits per heavy atom. The molecule has 2 aromatic rings. The summed E-state index contributed by atoms with van der Waals surface area (Å²) in [5, 5.41) is 5.59. The second kappa shape index (κ2) is 9.49. The van der Waals surface area contributed by atoms with E-state index in [2.05, 4.69) is 24.6 Å². The van der Waals surface area contributed by atoms with E-state index in [1.807, 2.05) is 24.3 Å². The molecule has 0 saturated heterocycles. The van der Waals surface area contributed by atoms with Crippen molar-refractivity contribution in [1.29, 1.82) is 0 Å². The summed E-state index contributed by atoms with van der Waals surface area (Å²) in [6.07, 6.45) is 7.39. The first kappa shape index (κ1) is 20.1. The molecule has 5 heteroatoms. The molecule has 1 aromatic heterocycles. The number of rotatable bonds is 7. The van der Waals surface area contributed by atoms with Gasteiger partial charge >= 0.3 is 0 Å². The largest absolute Gasteiger partial charge is 0.473 e. The fraction of sp³-hybridized carbons (Fsp3) is 0.550. The van der Waals surface area contributed by atoms with E-state index in [-0.39, 0.29) is 12.4 Å². The van der Waals surface area contributed by atoms with Gasteiger partial charge in [0.05, 0.1) is 11.7 Å². The van der Waals surface area contributed by atoms with Crippen LogP contribution in [0.15, 0.2) is 30.3 Å². The predicted molar refractivity (Wildman–Crippen MR) is 106 cm³/mol. The zero-order chi connectivity index (χ0) is 16.9. The van der Waals surface area contributed by atoms with Crippen molar-refractivity contribution >= 4 is 24.0 Å². The van der Waals surface area contributed by atoms with Crippen LogP contribution in [0.25, 0.3) is 0 Å². The van der Waals surface area contributed by atoms with E-state index in [9.17, 15) is 0 Å². The summed E-state index contributed by atoms with van der Waals surface area (Å²) in [6, 6.07) is 10.3. The van der Waals surface area contributed by atoms with E-state index >= 15 is 0 Å². The molecule has 1 unspecified atom stereocenters. The Bertz CT molecular complexity index is 665. The standard InChI is InChI=1S/C20H27ClN2O.ClH/c1-3-7-19-13-20(24-14-16-8-6-11-18(21)12-16)23(22-19)15(2)17-9-4-5-10-17;/h6,8,11-13,15,17H,3-5,7,9-10,14H2,1-2H3;1H. The maximum Gasteiger partial charge on any atom is 0.212 e. The SMILES string of the molecule is CCCc1cc(OCc2cccc(Cl)c2)n(C(C)C2CCCC2)n1.Cl. The Labute approximate surface area is 162 Å². The van der Waals surface area contributed by atoms with Gasteiger partial charge in [0.1, 0.15) is 6.61 Å². The second-order valence-corrected chi connectivity index (χ2v) is 7.31. The number of hydrogen-bond acceptors (Lipinski definition) is 2. The van der Waals surface area contributed by atoms with Crippen LogP contribution in [0.5, 0.6) is 5.88 Å². The first-order valence-corrected chi connectivity index (χ1v) is 9.51. The lowest BCUT2D eigenvalue weighted by Crippen LogP contribution is -2.17. The van der Waals surface area contributed by atoms with Gasteiger partial charge in [-0.15, -0.1) is 12.4 Å². The number of benzene rings is 1. The molecule has 1 fully saturated rings. The fourth-order valence-electron chi connectivity index (χ4n) is 3.63. The van der Waals surface area contributed by atoms with Crippen molar-refractivity contribution in [3.05, 3.63) is 46.6 Å². The van der Waals surface area contributed by atoms with Crippen LogP contribution >= 0.6 is 24.0 Å². The lowest BCUT2D eigenvalue weighted by molar-refractivity contribution is 0.238. The smallest absolute Gasteiger partial charge is 0.212 e. The van der Waals surface area contributed by atoms with Crippen LogP contribution in [-0.4, -0.2) is 9.78 Å². The van der Waals surface area contributed by atoms with Crippen LogP contribution in [0.1, 0.15) is 63.3 Å². The van der Waals surface area contributed by atoms with Crippen LogP contribution in [0.3, 0.4) is 0 Å². The summed E-state index contributed by atoms with van der Waals surface area (Å²) in [5.41, 5.74) is 2.21. The summed E-state index contributed by atoms with van der Waals surface area (Å²) in [7, 11) is 0. The molecule has 3 rings (SSSR count). The van der Waals surface area contributed by atoms with E-state index in [0.717, 1.165) is 35.0 Å². The number of aromatic nitrogens is 2. The minimum absolute atomic E-state index is 0. The molecular weight excluding hydrogens is 355 g/mol. The van der Waals surface area contributed by atoms with E-state index in [4.69, 9.17) is 21.4 Å². The highest BCUT2D eigenvalue weighted by molar-refractivity contribution is 6.30. The third-order valence-corrected chi connectivity index (χ3v) is 5.24. The summed E-state index contributed by atoms with van der Waals surface area (Å²) >= 11 is 6.07. The Morgan fingerprint density at radius 1 is 1.28 bits per heavy atom. The predicted octanol–water partition coefficient (Wildman–Crippen LogP) is 6.24. The quantitative estimate of drug-likeness (QED) is 0.566. The molecule has 1 aliphatic carbocycles. The van der Waals surface area contributed by atoms with Crippen molar-refractivity contribution in [3.8, 4) is 5.88 Å². The van der Waals surface area contributed by atoms with Gasteiger partial charge in [-0.25, -0.2) is 4.68 Å². The maximum atomic E-state index is 6.13. The van der Waals surface area contributed by atoms with Gasteiger partial charge in [0.2, 0.25) is 5.88 Å². The van der Waals surface area contributed by atoms with Crippen LogP contribution in [0.4, 0.5) is 0 Å². The van der Waals surface area contributed by atoms with Gasteiger partial charge in [-0.3, -0.25) is 0 Å². The summed E-state index contributed by atoms with van der Waals surface area (Å²) in [4.78, 5) is 0. The van der Waals surface area contributed by atoms with E-state index < -0.39 is 0 Å². The number of nitrogens with zero attached hydrogens (tertiary/aromatic N) is 2. The molecule has 1 saturated carbocycles. The highest BCUT2D eigenvalue weighted by atomic mass is 35.5. The monoisotopic (exact) mass is 382 g/mol. The third-order valence-electron chi connectivity index (χ3n) is 5.00. The van der Waals surface area contributed by atoms with Gasteiger partial charge in [0.15, 0.2) is 0 Å². The van der Waals surface area contributed by atoms with Crippen molar-refractivity contribution in [2.24, 2.45) is 5.92 Å². The first-order chi connectivity index (χ1) is 11.7. The summed E-state index contributed by atoms with van der Waals surface area (Å²) < 4.78 is 8.24. The number of ether oxygens (including phenoxy) is 1. The van der Waals surface area contributed by atoms with E-state index in [1.165, 1.54) is 25.7 Å². The minimum Gasteiger partial charge on any atom is -0.473 e. The van der Waals surface area contributed by atoms with Crippen molar-refractivity contribution in [2.75, 3.05) is 0 Å². The molecule has 0 bridgehead atoms.